The highest BCUT2D eigenvalue weighted by Crippen LogP contribution is 2.14. The molecule has 0 spiro atoms. The first-order valence-corrected chi connectivity index (χ1v) is 5.73. The zero-order chi connectivity index (χ0) is 11.3. The predicted octanol–water partition coefficient (Wildman–Crippen LogP) is 3.19. The van der Waals surface area contributed by atoms with Crippen LogP contribution in [0.25, 0.3) is 0 Å². The molecule has 0 aliphatic heterocycles. The van der Waals surface area contributed by atoms with Gasteiger partial charge in [0.15, 0.2) is 0 Å². The number of nitrogens with one attached hydrogen (secondary N) is 1. The molecule has 2 heteroatoms. The first-order valence-electron chi connectivity index (χ1n) is 5.32. The summed E-state index contributed by atoms with van der Waals surface area (Å²) in [5, 5.41) is 3.30. The summed E-state index contributed by atoms with van der Waals surface area (Å²) in [6.07, 6.45) is 1.02. The SMILES string of the molecule is CC(C)(C)C(=S)NCCc1ccccc1. The lowest BCUT2D eigenvalue weighted by Gasteiger charge is -2.21. The van der Waals surface area contributed by atoms with Crippen LogP contribution in [0.15, 0.2) is 30.3 Å². The van der Waals surface area contributed by atoms with Crippen LogP contribution in [0.2, 0.25) is 0 Å². The van der Waals surface area contributed by atoms with Gasteiger partial charge in [-0.15, -0.1) is 0 Å². The van der Waals surface area contributed by atoms with Gasteiger partial charge in [0.1, 0.15) is 0 Å². The molecule has 1 N–H and O–H groups in total. The molecule has 1 aromatic carbocycles. The Hall–Kier alpha value is -0.890. The first-order chi connectivity index (χ1) is 7.00. The monoisotopic (exact) mass is 221 g/mol. The van der Waals surface area contributed by atoms with E-state index >= 15 is 0 Å². The lowest BCUT2D eigenvalue weighted by Crippen LogP contribution is -2.34. The number of thiocarbonyl (C=S) groups is 1. The van der Waals surface area contributed by atoms with Crippen LogP contribution in [0, 0.1) is 5.41 Å². The molecule has 0 amide bonds. The molecule has 0 heterocycles. The number of hydrogen-bond acceptors (Lipinski definition) is 1. The molecule has 0 aliphatic rings. The third kappa shape index (κ3) is 4.43. The Kier molecular flexibility index (Phi) is 4.28. The van der Waals surface area contributed by atoms with Crippen molar-refractivity contribution in [1.82, 2.24) is 5.32 Å². The molecule has 1 aromatic rings. The van der Waals surface area contributed by atoms with Crippen LogP contribution in [0.4, 0.5) is 0 Å². The third-order valence-electron chi connectivity index (χ3n) is 2.22. The second-order valence-corrected chi connectivity index (χ2v) is 5.15. The minimum atomic E-state index is 0.0754. The minimum Gasteiger partial charge on any atom is -0.379 e. The van der Waals surface area contributed by atoms with Gasteiger partial charge in [-0.2, -0.15) is 0 Å². The van der Waals surface area contributed by atoms with E-state index in [-0.39, 0.29) is 5.41 Å². The number of hydrogen-bond donors (Lipinski definition) is 1. The van der Waals surface area contributed by atoms with Crippen molar-refractivity contribution in [2.24, 2.45) is 5.41 Å². The van der Waals surface area contributed by atoms with Crippen molar-refractivity contribution in [3.8, 4) is 0 Å². The summed E-state index contributed by atoms with van der Waals surface area (Å²) in [5.74, 6) is 0. The summed E-state index contributed by atoms with van der Waals surface area (Å²) in [4.78, 5) is 0.943. The standard InChI is InChI=1S/C13H19NS/c1-13(2,3)12(15)14-10-9-11-7-5-4-6-8-11/h4-8H,9-10H2,1-3H3,(H,14,15). The Morgan fingerprint density at radius 3 is 2.33 bits per heavy atom. The van der Waals surface area contributed by atoms with Crippen molar-refractivity contribution in [1.29, 1.82) is 0 Å². The third-order valence-corrected chi connectivity index (χ3v) is 2.98. The van der Waals surface area contributed by atoms with Crippen LogP contribution in [0.5, 0.6) is 0 Å². The van der Waals surface area contributed by atoms with Gasteiger partial charge in [0.2, 0.25) is 0 Å². The van der Waals surface area contributed by atoms with Crippen LogP contribution in [0.1, 0.15) is 26.3 Å². The normalized spacial score (nSPS) is 11.1. The van der Waals surface area contributed by atoms with Gasteiger partial charge in [-0.05, 0) is 12.0 Å². The summed E-state index contributed by atoms with van der Waals surface area (Å²) < 4.78 is 0. The van der Waals surface area contributed by atoms with Crippen LogP contribution < -0.4 is 5.32 Å². The van der Waals surface area contributed by atoms with Gasteiger partial charge < -0.3 is 5.32 Å². The molecule has 0 bridgehead atoms. The zero-order valence-corrected chi connectivity index (χ0v) is 10.5. The maximum absolute atomic E-state index is 5.30. The molecule has 1 nitrogen and oxygen atoms in total. The van der Waals surface area contributed by atoms with E-state index in [1.54, 1.807) is 0 Å². The molecule has 82 valence electrons. The van der Waals surface area contributed by atoms with Crippen molar-refractivity contribution in [3.05, 3.63) is 35.9 Å². The summed E-state index contributed by atoms with van der Waals surface area (Å²) in [6.45, 7) is 7.31. The molecule has 0 aliphatic carbocycles. The Morgan fingerprint density at radius 2 is 1.80 bits per heavy atom. The summed E-state index contributed by atoms with van der Waals surface area (Å²) in [5.41, 5.74) is 1.42. The van der Waals surface area contributed by atoms with Gasteiger partial charge in [0.05, 0.1) is 4.99 Å². The second kappa shape index (κ2) is 5.26. The molecule has 15 heavy (non-hydrogen) atoms. The van der Waals surface area contributed by atoms with E-state index in [4.69, 9.17) is 12.2 Å². The van der Waals surface area contributed by atoms with Crippen molar-refractivity contribution in [3.63, 3.8) is 0 Å². The highest BCUT2D eigenvalue weighted by atomic mass is 32.1. The average Bonchev–Trinajstić information content (AvgIpc) is 2.18. The van der Waals surface area contributed by atoms with E-state index in [2.05, 4.69) is 50.4 Å². The van der Waals surface area contributed by atoms with Crippen molar-refractivity contribution < 1.29 is 0 Å². The summed E-state index contributed by atoms with van der Waals surface area (Å²) in [7, 11) is 0. The zero-order valence-electron chi connectivity index (χ0n) is 9.71. The van der Waals surface area contributed by atoms with Crippen molar-refractivity contribution >= 4 is 17.2 Å². The smallest absolute Gasteiger partial charge is 0.0807 e. The van der Waals surface area contributed by atoms with Crippen LogP contribution in [-0.4, -0.2) is 11.5 Å². The molecule has 0 saturated carbocycles. The molecular formula is C13H19NS. The van der Waals surface area contributed by atoms with E-state index in [0.29, 0.717) is 0 Å². The van der Waals surface area contributed by atoms with Crippen LogP contribution in [0.3, 0.4) is 0 Å². The van der Waals surface area contributed by atoms with Crippen molar-refractivity contribution in [2.75, 3.05) is 6.54 Å². The number of rotatable bonds is 3. The molecule has 0 unspecified atom stereocenters. The van der Waals surface area contributed by atoms with Gasteiger partial charge in [-0.1, -0.05) is 63.3 Å². The van der Waals surface area contributed by atoms with Crippen LogP contribution >= 0.6 is 12.2 Å². The Labute approximate surface area is 97.9 Å². The quantitative estimate of drug-likeness (QED) is 0.787. The molecule has 1 rings (SSSR count). The van der Waals surface area contributed by atoms with E-state index < -0.39 is 0 Å². The topological polar surface area (TPSA) is 12.0 Å². The van der Waals surface area contributed by atoms with E-state index in [0.717, 1.165) is 18.0 Å². The molecule has 0 fully saturated rings. The first kappa shape index (κ1) is 12.2. The van der Waals surface area contributed by atoms with Crippen molar-refractivity contribution in [2.45, 2.75) is 27.2 Å². The highest BCUT2D eigenvalue weighted by Gasteiger charge is 2.15. The van der Waals surface area contributed by atoms with Gasteiger partial charge in [0, 0.05) is 12.0 Å². The largest absolute Gasteiger partial charge is 0.379 e. The summed E-state index contributed by atoms with van der Waals surface area (Å²) in [6, 6.07) is 10.5. The van der Waals surface area contributed by atoms with E-state index in [1.165, 1.54) is 5.56 Å². The Bertz CT molecular complexity index is 311. The van der Waals surface area contributed by atoms with Gasteiger partial charge >= 0.3 is 0 Å². The fraction of sp³-hybridized carbons (Fsp3) is 0.462. The second-order valence-electron chi connectivity index (χ2n) is 4.74. The molecular weight excluding hydrogens is 202 g/mol. The predicted molar refractivity (Wildman–Crippen MR) is 70.2 cm³/mol. The molecule has 0 saturated heterocycles. The van der Waals surface area contributed by atoms with Gasteiger partial charge in [-0.3, -0.25) is 0 Å². The molecule has 0 atom stereocenters. The highest BCUT2D eigenvalue weighted by molar-refractivity contribution is 7.80. The minimum absolute atomic E-state index is 0.0754. The maximum Gasteiger partial charge on any atom is 0.0807 e. The average molecular weight is 221 g/mol. The lowest BCUT2D eigenvalue weighted by atomic mass is 9.96. The van der Waals surface area contributed by atoms with E-state index in [1.807, 2.05) is 6.07 Å². The van der Waals surface area contributed by atoms with Gasteiger partial charge in [-0.25, -0.2) is 0 Å². The maximum atomic E-state index is 5.30. The Morgan fingerprint density at radius 1 is 1.20 bits per heavy atom. The fourth-order valence-electron chi connectivity index (χ4n) is 1.23. The van der Waals surface area contributed by atoms with E-state index in [9.17, 15) is 0 Å². The van der Waals surface area contributed by atoms with Gasteiger partial charge in [0.25, 0.3) is 0 Å². The molecule has 0 aromatic heterocycles. The lowest BCUT2D eigenvalue weighted by molar-refractivity contribution is 0.575. The summed E-state index contributed by atoms with van der Waals surface area (Å²) >= 11 is 5.30. The Balaban J connectivity index is 2.32. The van der Waals surface area contributed by atoms with Crippen LogP contribution in [-0.2, 0) is 6.42 Å². The fourth-order valence-corrected chi connectivity index (χ4v) is 1.33. The molecule has 0 radical (unpaired) electrons. The number of benzene rings is 1.